The van der Waals surface area contributed by atoms with E-state index >= 15 is 0 Å². The molecule has 0 unspecified atom stereocenters. The smallest absolute Gasteiger partial charge is 0.339 e. The highest BCUT2D eigenvalue weighted by Crippen LogP contribution is 2.28. The molecule has 0 saturated carbocycles. The van der Waals surface area contributed by atoms with Gasteiger partial charge in [-0.1, -0.05) is 6.07 Å². The predicted octanol–water partition coefficient (Wildman–Crippen LogP) is 2.77. The van der Waals surface area contributed by atoms with E-state index in [-0.39, 0.29) is 29.4 Å². The minimum atomic E-state index is -1.14. The maximum absolute atomic E-state index is 10.9. The van der Waals surface area contributed by atoms with Crippen LogP contribution in [0.2, 0.25) is 0 Å². The lowest BCUT2D eigenvalue weighted by atomic mass is 10.2. The average molecular weight is 277 g/mol. The standard InChI is InChI=1S/C13H11NO6/c1-8-2-3-10(14(17)18)11(6-8)20-7-12-9(13(15)16)4-5-19-12/h2-6H,7H2,1H3,(H,15,16). The number of hydrogen-bond donors (Lipinski definition) is 1. The molecule has 1 N–H and O–H groups in total. The van der Waals surface area contributed by atoms with E-state index in [1.165, 1.54) is 24.5 Å². The van der Waals surface area contributed by atoms with Crippen LogP contribution in [0, 0.1) is 17.0 Å². The van der Waals surface area contributed by atoms with E-state index in [4.69, 9.17) is 14.3 Å². The Hall–Kier alpha value is -2.83. The highest BCUT2D eigenvalue weighted by molar-refractivity contribution is 5.88. The SMILES string of the molecule is Cc1ccc([N+](=O)[O-])c(OCc2occc2C(=O)O)c1. The predicted molar refractivity (Wildman–Crippen MR) is 67.8 cm³/mol. The quantitative estimate of drug-likeness (QED) is 0.665. The first kappa shape index (κ1) is 13.6. The molecule has 0 amide bonds. The van der Waals surface area contributed by atoms with Crippen LogP contribution in [-0.4, -0.2) is 16.0 Å². The molecule has 0 spiro atoms. The maximum atomic E-state index is 10.9. The summed E-state index contributed by atoms with van der Waals surface area (Å²) in [5, 5.41) is 19.8. The molecule has 0 radical (unpaired) electrons. The van der Waals surface area contributed by atoms with Crippen LogP contribution in [0.5, 0.6) is 5.75 Å². The van der Waals surface area contributed by atoms with Gasteiger partial charge in [-0.2, -0.15) is 0 Å². The van der Waals surface area contributed by atoms with Crippen molar-refractivity contribution in [2.24, 2.45) is 0 Å². The van der Waals surface area contributed by atoms with Gasteiger partial charge in [0, 0.05) is 6.07 Å². The van der Waals surface area contributed by atoms with E-state index in [0.29, 0.717) is 0 Å². The molecule has 2 aromatic rings. The van der Waals surface area contributed by atoms with Crippen molar-refractivity contribution in [3.8, 4) is 5.75 Å². The molecular formula is C13H11NO6. The van der Waals surface area contributed by atoms with Crippen LogP contribution in [0.4, 0.5) is 5.69 Å². The van der Waals surface area contributed by atoms with E-state index in [1.54, 1.807) is 13.0 Å². The Morgan fingerprint density at radius 2 is 2.20 bits per heavy atom. The monoisotopic (exact) mass is 277 g/mol. The molecule has 1 heterocycles. The molecule has 0 atom stereocenters. The van der Waals surface area contributed by atoms with Crippen LogP contribution in [-0.2, 0) is 6.61 Å². The van der Waals surface area contributed by atoms with Gasteiger partial charge < -0.3 is 14.3 Å². The number of nitro benzene ring substituents is 1. The zero-order chi connectivity index (χ0) is 14.7. The van der Waals surface area contributed by atoms with Gasteiger partial charge in [0.2, 0.25) is 0 Å². The Balaban J connectivity index is 2.22. The maximum Gasteiger partial charge on any atom is 0.339 e. The minimum Gasteiger partial charge on any atom is -0.479 e. The molecule has 0 bridgehead atoms. The van der Waals surface area contributed by atoms with Crippen molar-refractivity contribution in [3.63, 3.8) is 0 Å². The van der Waals surface area contributed by atoms with E-state index in [1.807, 2.05) is 0 Å². The van der Waals surface area contributed by atoms with Crippen molar-refractivity contribution >= 4 is 11.7 Å². The summed E-state index contributed by atoms with van der Waals surface area (Å²) in [6.07, 6.45) is 1.23. The summed E-state index contributed by atoms with van der Waals surface area (Å²) in [5.41, 5.74) is 0.586. The van der Waals surface area contributed by atoms with Crippen LogP contribution < -0.4 is 4.74 Å². The second-order valence-corrected chi connectivity index (χ2v) is 4.08. The van der Waals surface area contributed by atoms with Crippen molar-refractivity contribution in [2.75, 3.05) is 0 Å². The molecule has 1 aromatic carbocycles. The molecule has 7 nitrogen and oxygen atoms in total. The highest BCUT2D eigenvalue weighted by atomic mass is 16.6. The number of nitrogens with zero attached hydrogens (tertiary/aromatic N) is 1. The van der Waals surface area contributed by atoms with Crippen LogP contribution in [0.1, 0.15) is 21.7 Å². The molecule has 0 fully saturated rings. The third-order valence-corrected chi connectivity index (χ3v) is 2.65. The van der Waals surface area contributed by atoms with Gasteiger partial charge >= 0.3 is 11.7 Å². The van der Waals surface area contributed by atoms with Gasteiger partial charge in [-0.15, -0.1) is 0 Å². The van der Waals surface area contributed by atoms with Gasteiger partial charge in [0.15, 0.2) is 11.5 Å². The summed E-state index contributed by atoms with van der Waals surface area (Å²) < 4.78 is 10.3. The Kier molecular flexibility index (Phi) is 3.69. The van der Waals surface area contributed by atoms with Gasteiger partial charge in [-0.05, 0) is 24.6 Å². The summed E-state index contributed by atoms with van der Waals surface area (Å²) in [6.45, 7) is 1.57. The average Bonchev–Trinajstić information content (AvgIpc) is 2.84. The van der Waals surface area contributed by atoms with Crippen molar-refractivity contribution < 1.29 is 24.0 Å². The van der Waals surface area contributed by atoms with Gasteiger partial charge in [-0.25, -0.2) is 4.79 Å². The minimum absolute atomic E-state index is 0.0275. The van der Waals surface area contributed by atoms with Gasteiger partial charge in [0.1, 0.15) is 12.2 Å². The Labute approximate surface area is 113 Å². The van der Waals surface area contributed by atoms with E-state index in [9.17, 15) is 14.9 Å². The first-order valence-electron chi connectivity index (χ1n) is 5.66. The highest BCUT2D eigenvalue weighted by Gasteiger charge is 2.18. The number of carboxylic acid groups (broad SMARTS) is 1. The number of ether oxygens (including phenoxy) is 1. The summed E-state index contributed by atoms with van der Waals surface area (Å²) in [5.74, 6) is -0.966. The Morgan fingerprint density at radius 3 is 2.85 bits per heavy atom. The fourth-order valence-corrected chi connectivity index (χ4v) is 1.67. The number of rotatable bonds is 5. The van der Waals surface area contributed by atoms with E-state index in [0.717, 1.165) is 5.56 Å². The molecule has 0 aliphatic carbocycles. The van der Waals surface area contributed by atoms with Crippen molar-refractivity contribution in [1.82, 2.24) is 0 Å². The number of carbonyl (C=O) groups is 1. The van der Waals surface area contributed by atoms with Gasteiger partial charge in [0.05, 0.1) is 11.2 Å². The van der Waals surface area contributed by atoms with Crippen LogP contribution in [0.3, 0.4) is 0 Å². The lowest BCUT2D eigenvalue weighted by Crippen LogP contribution is -2.04. The molecule has 1 aromatic heterocycles. The van der Waals surface area contributed by atoms with Gasteiger partial charge in [0.25, 0.3) is 0 Å². The first-order valence-corrected chi connectivity index (χ1v) is 5.66. The van der Waals surface area contributed by atoms with Crippen molar-refractivity contribution in [1.29, 1.82) is 0 Å². The molecule has 7 heteroatoms. The van der Waals surface area contributed by atoms with Crippen molar-refractivity contribution in [2.45, 2.75) is 13.5 Å². The fourth-order valence-electron chi connectivity index (χ4n) is 1.67. The van der Waals surface area contributed by atoms with Crippen molar-refractivity contribution in [3.05, 3.63) is 57.5 Å². The Morgan fingerprint density at radius 1 is 1.45 bits per heavy atom. The zero-order valence-corrected chi connectivity index (χ0v) is 10.5. The molecule has 20 heavy (non-hydrogen) atoms. The number of nitro groups is 1. The van der Waals surface area contributed by atoms with Crippen LogP contribution >= 0.6 is 0 Å². The number of hydrogen-bond acceptors (Lipinski definition) is 5. The molecule has 0 aliphatic rings. The number of furan rings is 1. The second kappa shape index (κ2) is 5.43. The summed E-state index contributed by atoms with van der Waals surface area (Å²) in [7, 11) is 0. The Bertz CT molecular complexity index is 661. The summed E-state index contributed by atoms with van der Waals surface area (Å²) in [6, 6.07) is 5.75. The number of benzene rings is 1. The van der Waals surface area contributed by atoms with Crippen LogP contribution in [0.25, 0.3) is 0 Å². The van der Waals surface area contributed by atoms with Crippen LogP contribution in [0.15, 0.2) is 34.9 Å². The third kappa shape index (κ3) is 2.77. The normalized spacial score (nSPS) is 10.2. The van der Waals surface area contributed by atoms with E-state index in [2.05, 4.69) is 0 Å². The molecule has 2 rings (SSSR count). The number of aryl methyl sites for hydroxylation is 1. The number of aromatic carboxylic acids is 1. The lowest BCUT2D eigenvalue weighted by molar-refractivity contribution is -0.386. The zero-order valence-electron chi connectivity index (χ0n) is 10.5. The lowest BCUT2D eigenvalue weighted by Gasteiger charge is -2.06. The fraction of sp³-hybridized carbons (Fsp3) is 0.154. The van der Waals surface area contributed by atoms with Gasteiger partial charge in [-0.3, -0.25) is 10.1 Å². The second-order valence-electron chi connectivity index (χ2n) is 4.08. The third-order valence-electron chi connectivity index (χ3n) is 2.65. The number of carboxylic acids is 1. The topological polar surface area (TPSA) is 103 Å². The molecule has 104 valence electrons. The molecule has 0 aliphatic heterocycles. The molecular weight excluding hydrogens is 266 g/mol. The molecule has 0 saturated heterocycles. The summed E-state index contributed by atoms with van der Waals surface area (Å²) >= 11 is 0. The summed E-state index contributed by atoms with van der Waals surface area (Å²) in [4.78, 5) is 21.2. The largest absolute Gasteiger partial charge is 0.479 e. The van der Waals surface area contributed by atoms with E-state index < -0.39 is 10.9 Å². The first-order chi connectivity index (χ1) is 9.49.